The van der Waals surface area contributed by atoms with Gasteiger partial charge in [-0.2, -0.15) is 0 Å². The van der Waals surface area contributed by atoms with Gasteiger partial charge >= 0.3 is 0 Å². The summed E-state index contributed by atoms with van der Waals surface area (Å²) in [7, 11) is 1.84. The van der Waals surface area contributed by atoms with Crippen LogP contribution in [0.5, 0.6) is 0 Å². The van der Waals surface area contributed by atoms with Crippen LogP contribution in [0.1, 0.15) is 26.2 Å². The molecule has 0 aromatic carbocycles. The van der Waals surface area contributed by atoms with E-state index in [1.807, 2.05) is 7.05 Å². The third-order valence-electron chi connectivity index (χ3n) is 2.36. The summed E-state index contributed by atoms with van der Waals surface area (Å²) in [5.74, 6) is 0.0645. The quantitative estimate of drug-likeness (QED) is 0.627. The van der Waals surface area contributed by atoms with Crippen LogP contribution >= 0.6 is 0 Å². The Hall–Kier alpha value is -0.570. The minimum atomic E-state index is -0.347. The molecule has 64 valence electrons. The molecule has 11 heavy (non-hydrogen) atoms. The summed E-state index contributed by atoms with van der Waals surface area (Å²) < 4.78 is 0. The van der Waals surface area contributed by atoms with E-state index in [0.29, 0.717) is 6.04 Å². The van der Waals surface area contributed by atoms with Gasteiger partial charge in [0.1, 0.15) is 0 Å². The molecule has 0 aromatic rings. The predicted octanol–water partition coefficient (Wildman–Crippen LogP) is 0.345. The highest BCUT2D eigenvalue weighted by Gasteiger charge is 2.26. The second-order valence-corrected chi connectivity index (χ2v) is 3.32. The minimum Gasteiger partial charge on any atom is -0.341 e. The molecule has 0 aliphatic heterocycles. The van der Waals surface area contributed by atoms with Gasteiger partial charge in [-0.15, -0.1) is 0 Å². The van der Waals surface area contributed by atoms with Crippen molar-refractivity contribution in [3.63, 3.8) is 0 Å². The average molecular weight is 156 g/mol. The van der Waals surface area contributed by atoms with E-state index in [1.165, 1.54) is 6.42 Å². The van der Waals surface area contributed by atoms with E-state index < -0.39 is 0 Å². The Morgan fingerprint density at radius 2 is 2.18 bits per heavy atom. The first-order valence-corrected chi connectivity index (χ1v) is 4.15. The van der Waals surface area contributed by atoms with Crippen molar-refractivity contribution in [2.24, 2.45) is 5.73 Å². The van der Waals surface area contributed by atoms with E-state index in [4.69, 9.17) is 5.73 Å². The summed E-state index contributed by atoms with van der Waals surface area (Å²) in [5.41, 5.74) is 5.46. The molecule has 1 fully saturated rings. The van der Waals surface area contributed by atoms with Crippen LogP contribution in [0.25, 0.3) is 0 Å². The van der Waals surface area contributed by atoms with Gasteiger partial charge in [0.15, 0.2) is 0 Å². The number of rotatable bonds is 2. The molecule has 1 rings (SSSR count). The number of hydrogen-bond donors (Lipinski definition) is 1. The molecule has 1 aliphatic carbocycles. The number of likely N-dealkylation sites (N-methyl/N-ethyl adjacent to an activating group) is 1. The first-order chi connectivity index (χ1) is 5.13. The SMILES string of the molecule is C[C@H](N)C(=O)N(C)C1CCC1. The summed E-state index contributed by atoms with van der Waals surface area (Å²) >= 11 is 0. The molecule has 2 N–H and O–H groups in total. The van der Waals surface area contributed by atoms with Crippen LogP contribution in [-0.4, -0.2) is 29.9 Å². The normalized spacial score (nSPS) is 20.6. The molecule has 1 saturated carbocycles. The molecule has 0 spiro atoms. The molecule has 1 amide bonds. The molecular formula is C8H16N2O. The number of carbonyl (C=O) groups excluding carboxylic acids is 1. The maximum Gasteiger partial charge on any atom is 0.239 e. The zero-order valence-electron chi connectivity index (χ0n) is 7.21. The minimum absolute atomic E-state index is 0.0645. The van der Waals surface area contributed by atoms with Gasteiger partial charge in [-0.1, -0.05) is 0 Å². The topological polar surface area (TPSA) is 46.3 Å². The third-order valence-corrected chi connectivity index (χ3v) is 2.36. The van der Waals surface area contributed by atoms with Crippen molar-refractivity contribution in [3.8, 4) is 0 Å². The zero-order chi connectivity index (χ0) is 8.43. The van der Waals surface area contributed by atoms with E-state index in [-0.39, 0.29) is 11.9 Å². The van der Waals surface area contributed by atoms with Crippen LogP contribution in [-0.2, 0) is 4.79 Å². The summed E-state index contributed by atoms with van der Waals surface area (Å²) in [4.78, 5) is 13.1. The molecule has 1 atom stereocenters. The van der Waals surface area contributed by atoms with Crippen LogP contribution in [0.2, 0.25) is 0 Å². The van der Waals surface area contributed by atoms with Crippen molar-refractivity contribution < 1.29 is 4.79 Å². The molecule has 1 aliphatic rings. The van der Waals surface area contributed by atoms with Gasteiger partial charge in [-0.3, -0.25) is 4.79 Å². The fourth-order valence-electron chi connectivity index (χ4n) is 1.28. The highest BCUT2D eigenvalue weighted by atomic mass is 16.2. The lowest BCUT2D eigenvalue weighted by molar-refractivity contribution is -0.134. The molecule has 3 heteroatoms. The molecule has 0 heterocycles. The Labute approximate surface area is 67.5 Å². The molecule has 3 nitrogen and oxygen atoms in total. The van der Waals surface area contributed by atoms with Gasteiger partial charge in [-0.25, -0.2) is 0 Å². The summed E-state index contributed by atoms with van der Waals surface area (Å²) in [6, 6.07) is 0.120. The van der Waals surface area contributed by atoms with Gasteiger partial charge < -0.3 is 10.6 Å². The van der Waals surface area contributed by atoms with Crippen molar-refractivity contribution in [1.82, 2.24) is 4.90 Å². The average Bonchev–Trinajstić information content (AvgIpc) is 1.82. The van der Waals surface area contributed by atoms with Crippen LogP contribution in [0.3, 0.4) is 0 Å². The number of nitrogens with zero attached hydrogens (tertiary/aromatic N) is 1. The lowest BCUT2D eigenvalue weighted by Crippen LogP contribution is -2.47. The fourth-order valence-corrected chi connectivity index (χ4v) is 1.28. The second kappa shape index (κ2) is 3.22. The predicted molar refractivity (Wildman–Crippen MR) is 44.1 cm³/mol. The van der Waals surface area contributed by atoms with Gasteiger partial charge in [0.05, 0.1) is 6.04 Å². The van der Waals surface area contributed by atoms with E-state index in [2.05, 4.69) is 0 Å². The smallest absolute Gasteiger partial charge is 0.239 e. The van der Waals surface area contributed by atoms with E-state index >= 15 is 0 Å². The highest BCUT2D eigenvalue weighted by molar-refractivity contribution is 5.81. The van der Waals surface area contributed by atoms with E-state index in [1.54, 1.807) is 11.8 Å². The maximum absolute atomic E-state index is 11.3. The summed E-state index contributed by atoms with van der Waals surface area (Å²) in [6.07, 6.45) is 3.55. The lowest BCUT2D eigenvalue weighted by atomic mass is 9.91. The van der Waals surface area contributed by atoms with Crippen molar-refractivity contribution in [2.45, 2.75) is 38.3 Å². The van der Waals surface area contributed by atoms with Crippen molar-refractivity contribution in [1.29, 1.82) is 0 Å². The fraction of sp³-hybridized carbons (Fsp3) is 0.875. The first-order valence-electron chi connectivity index (χ1n) is 4.15. The molecule has 0 bridgehead atoms. The van der Waals surface area contributed by atoms with Gasteiger partial charge in [-0.05, 0) is 26.2 Å². The standard InChI is InChI=1S/C8H16N2O/c1-6(9)8(11)10(2)7-4-3-5-7/h6-7H,3-5,9H2,1-2H3/t6-/m0/s1. The third kappa shape index (κ3) is 1.71. The van der Waals surface area contributed by atoms with Crippen molar-refractivity contribution in [2.75, 3.05) is 7.05 Å². The first kappa shape index (κ1) is 8.53. The maximum atomic E-state index is 11.3. The van der Waals surface area contributed by atoms with Crippen LogP contribution in [0, 0.1) is 0 Å². The van der Waals surface area contributed by atoms with Gasteiger partial charge in [0, 0.05) is 13.1 Å². The Bertz CT molecular complexity index is 152. The van der Waals surface area contributed by atoms with Crippen LogP contribution < -0.4 is 5.73 Å². The zero-order valence-corrected chi connectivity index (χ0v) is 7.21. The molecule has 0 aromatic heterocycles. The van der Waals surface area contributed by atoms with E-state index in [0.717, 1.165) is 12.8 Å². The number of amides is 1. The second-order valence-electron chi connectivity index (χ2n) is 3.32. The number of carbonyl (C=O) groups is 1. The van der Waals surface area contributed by atoms with Gasteiger partial charge in [0.25, 0.3) is 0 Å². The Morgan fingerprint density at radius 3 is 2.45 bits per heavy atom. The van der Waals surface area contributed by atoms with Crippen molar-refractivity contribution in [3.05, 3.63) is 0 Å². The Kier molecular flexibility index (Phi) is 2.49. The summed E-state index contributed by atoms with van der Waals surface area (Å²) in [6.45, 7) is 1.73. The van der Waals surface area contributed by atoms with Gasteiger partial charge in [0.2, 0.25) is 5.91 Å². The van der Waals surface area contributed by atoms with Crippen LogP contribution in [0.4, 0.5) is 0 Å². The summed E-state index contributed by atoms with van der Waals surface area (Å²) in [5, 5.41) is 0. The number of hydrogen-bond acceptors (Lipinski definition) is 2. The lowest BCUT2D eigenvalue weighted by Gasteiger charge is -2.35. The monoisotopic (exact) mass is 156 g/mol. The largest absolute Gasteiger partial charge is 0.341 e. The van der Waals surface area contributed by atoms with Crippen LogP contribution in [0.15, 0.2) is 0 Å². The molecule has 0 radical (unpaired) electrons. The molecule has 0 saturated heterocycles. The van der Waals surface area contributed by atoms with E-state index in [9.17, 15) is 4.79 Å². The highest BCUT2D eigenvalue weighted by Crippen LogP contribution is 2.23. The molecular weight excluding hydrogens is 140 g/mol. The Morgan fingerprint density at radius 1 is 1.64 bits per heavy atom. The number of nitrogens with two attached hydrogens (primary N) is 1. The Balaban J connectivity index is 2.39. The van der Waals surface area contributed by atoms with Crippen molar-refractivity contribution >= 4 is 5.91 Å². The molecule has 0 unspecified atom stereocenters.